The van der Waals surface area contributed by atoms with E-state index in [0.717, 1.165) is 19.4 Å². The van der Waals surface area contributed by atoms with E-state index in [2.05, 4.69) is 60.3 Å². The fraction of sp³-hybridized carbons (Fsp3) is 0.450. The SMILES string of the molecule is CC(C)N(C)[C@@H]1CCN(C(=O)c2ccnnc2)[C@H]1Cc1ccccc1. The van der Waals surface area contributed by atoms with Crippen LogP contribution in [-0.4, -0.2) is 57.6 Å². The van der Waals surface area contributed by atoms with Crippen molar-refractivity contribution < 1.29 is 4.79 Å². The first-order chi connectivity index (χ1) is 12.1. The van der Waals surface area contributed by atoms with Crippen molar-refractivity contribution in [2.24, 2.45) is 0 Å². The molecule has 2 atom stereocenters. The average molecular weight is 338 g/mol. The molecule has 0 spiro atoms. The number of carbonyl (C=O) groups excluding carboxylic acids is 1. The molecule has 5 nitrogen and oxygen atoms in total. The van der Waals surface area contributed by atoms with Gasteiger partial charge in [-0.15, -0.1) is 0 Å². The number of rotatable bonds is 5. The van der Waals surface area contributed by atoms with Crippen LogP contribution in [0.3, 0.4) is 0 Å². The van der Waals surface area contributed by atoms with Crippen LogP contribution in [-0.2, 0) is 6.42 Å². The first-order valence-electron chi connectivity index (χ1n) is 8.91. The van der Waals surface area contributed by atoms with Crippen molar-refractivity contribution in [1.82, 2.24) is 20.0 Å². The zero-order valence-corrected chi connectivity index (χ0v) is 15.2. The van der Waals surface area contributed by atoms with E-state index in [-0.39, 0.29) is 11.9 Å². The molecule has 2 aromatic rings. The maximum absolute atomic E-state index is 13.0. The van der Waals surface area contributed by atoms with Gasteiger partial charge in [-0.3, -0.25) is 9.69 Å². The van der Waals surface area contributed by atoms with Crippen LogP contribution in [0.5, 0.6) is 0 Å². The topological polar surface area (TPSA) is 49.3 Å². The quantitative estimate of drug-likeness (QED) is 0.841. The number of benzene rings is 1. The van der Waals surface area contributed by atoms with Crippen molar-refractivity contribution in [3.63, 3.8) is 0 Å². The minimum Gasteiger partial charge on any atom is -0.334 e. The van der Waals surface area contributed by atoms with Gasteiger partial charge >= 0.3 is 0 Å². The van der Waals surface area contributed by atoms with Crippen LogP contribution < -0.4 is 0 Å². The highest BCUT2D eigenvalue weighted by Crippen LogP contribution is 2.28. The Hall–Kier alpha value is -2.27. The molecule has 0 saturated carbocycles. The molecule has 0 unspecified atom stereocenters. The van der Waals surface area contributed by atoms with Crippen LogP contribution in [0.15, 0.2) is 48.8 Å². The Morgan fingerprint density at radius 1 is 1.24 bits per heavy atom. The molecule has 1 saturated heterocycles. The highest BCUT2D eigenvalue weighted by Gasteiger charge is 2.39. The summed E-state index contributed by atoms with van der Waals surface area (Å²) in [6, 6.07) is 13.1. The van der Waals surface area contributed by atoms with Crippen molar-refractivity contribution in [3.8, 4) is 0 Å². The third-order valence-electron chi connectivity index (χ3n) is 5.23. The smallest absolute Gasteiger partial charge is 0.255 e. The largest absolute Gasteiger partial charge is 0.334 e. The predicted molar refractivity (Wildman–Crippen MR) is 98.3 cm³/mol. The molecule has 5 heteroatoms. The minimum atomic E-state index is 0.0514. The molecule has 0 bridgehead atoms. The standard InChI is InChI=1S/C20H26N4O/c1-15(2)23(3)18-10-12-24(20(25)17-9-11-21-22-14-17)19(18)13-16-7-5-4-6-8-16/h4-9,11,14-15,18-19H,10,12-13H2,1-3H3/t18-,19+/m1/s1. The molecule has 1 aromatic carbocycles. The molecule has 132 valence electrons. The molecule has 25 heavy (non-hydrogen) atoms. The molecule has 1 fully saturated rings. The number of nitrogens with zero attached hydrogens (tertiary/aromatic N) is 4. The fourth-order valence-electron chi connectivity index (χ4n) is 3.63. The summed E-state index contributed by atoms with van der Waals surface area (Å²) >= 11 is 0. The predicted octanol–water partition coefficient (Wildman–Crippen LogP) is 2.64. The van der Waals surface area contributed by atoms with E-state index >= 15 is 0 Å². The Labute approximate surface area is 149 Å². The van der Waals surface area contributed by atoms with Crippen molar-refractivity contribution in [2.45, 2.75) is 44.8 Å². The summed E-state index contributed by atoms with van der Waals surface area (Å²) < 4.78 is 0. The number of likely N-dealkylation sites (N-methyl/N-ethyl adjacent to an activating group) is 1. The van der Waals surface area contributed by atoms with Crippen molar-refractivity contribution in [3.05, 3.63) is 59.9 Å². The van der Waals surface area contributed by atoms with Crippen LogP contribution in [0.2, 0.25) is 0 Å². The highest BCUT2D eigenvalue weighted by molar-refractivity contribution is 5.94. The van der Waals surface area contributed by atoms with Crippen molar-refractivity contribution in [1.29, 1.82) is 0 Å². The lowest BCUT2D eigenvalue weighted by atomic mass is 9.98. The maximum Gasteiger partial charge on any atom is 0.255 e. The summed E-state index contributed by atoms with van der Waals surface area (Å²) in [6.45, 7) is 5.19. The second-order valence-electron chi connectivity index (χ2n) is 7.00. The van der Waals surface area contributed by atoms with Gasteiger partial charge in [-0.2, -0.15) is 10.2 Å². The van der Waals surface area contributed by atoms with Crippen LogP contribution in [0.25, 0.3) is 0 Å². The van der Waals surface area contributed by atoms with Gasteiger partial charge in [0.1, 0.15) is 0 Å². The maximum atomic E-state index is 13.0. The Balaban J connectivity index is 1.87. The first-order valence-corrected chi connectivity index (χ1v) is 8.91. The summed E-state index contributed by atoms with van der Waals surface area (Å²) in [6.07, 6.45) is 5.00. The zero-order valence-electron chi connectivity index (χ0n) is 15.2. The lowest BCUT2D eigenvalue weighted by Crippen LogP contribution is -2.48. The average Bonchev–Trinajstić information content (AvgIpc) is 3.05. The van der Waals surface area contributed by atoms with Crippen molar-refractivity contribution in [2.75, 3.05) is 13.6 Å². The molecule has 3 rings (SSSR count). The molecule has 1 aromatic heterocycles. The van der Waals surface area contributed by atoms with E-state index in [0.29, 0.717) is 17.6 Å². The molecule has 0 radical (unpaired) electrons. The number of likely N-dealkylation sites (tertiary alicyclic amines) is 1. The molecule has 1 aliphatic rings. The molecule has 1 aliphatic heterocycles. The van der Waals surface area contributed by atoms with Crippen LogP contribution in [0, 0.1) is 0 Å². The Morgan fingerprint density at radius 2 is 2.00 bits per heavy atom. The van der Waals surface area contributed by atoms with Gasteiger partial charge in [0, 0.05) is 18.6 Å². The first kappa shape index (κ1) is 17.5. The fourth-order valence-corrected chi connectivity index (χ4v) is 3.63. The van der Waals surface area contributed by atoms with Gasteiger partial charge in [0.2, 0.25) is 0 Å². The Bertz CT molecular complexity index is 689. The van der Waals surface area contributed by atoms with Gasteiger partial charge in [-0.1, -0.05) is 30.3 Å². The summed E-state index contributed by atoms with van der Waals surface area (Å²) in [4.78, 5) is 17.4. The summed E-state index contributed by atoms with van der Waals surface area (Å²) in [5.41, 5.74) is 1.88. The third kappa shape index (κ3) is 3.87. The van der Waals surface area contributed by atoms with Gasteiger partial charge < -0.3 is 4.90 Å². The molecule has 2 heterocycles. The van der Waals surface area contributed by atoms with E-state index < -0.39 is 0 Å². The molecule has 0 N–H and O–H groups in total. The summed E-state index contributed by atoms with van der Waals surface area (Å²) in [7, 11) is 2.16. The van der Waals surface area contributed by atoms with Gasteiger partial charge in [0.15, 0.2) is 0 Å². The van der Waals surface area contributed by atoms with E-state index in [9.17, 15) is 4.79 Å². The zero-order chi connectivity index (χ0) is 17.8. The van der Waals surface area contributed by atoms with E-state index in [1.807, 2.05) is 11.0 Å². The number of hydrogen-bond acceptors (Lipinski definition) is 4. The van der Waals surface area contributed by atoms with E-state index in [1.165, 1.54) is 5.56 Å². The summed E-state index contributed by atoms with van der Waals surface area (Å²) in [5.74, 6) is 0.0514. The van der Waals surface area contributed by atoms with Crippen LogP contribution >= 0.6 is 0 Å². The monoisotopic (exact) mass is 338 g/mol. The van der Waals surface area contributed by atoms with E-state index in [1.54, 1.807) is 18.5 Å². The van der Waals surface area contributed by atoms with Gasteiger partial charge in [0.25, 0.3) is 5.91 Å². The number of amides is 1. The normalized spacial score (nSPS) is 20.4. The van der Waals surface area contributed by atoms with Gasteiger partial charge in [0.05, 0.1) is 24.0 Å². The Kier molecular flexibility index (Phi) is 5.43. The van der Waals surface area contributed by atoms with Gasteiger partial charge in [-0.05, 0) is 45.4 Å². The molecular formula is C20H26N4O. The second kappa shape index (κ2) is 7.74. The number of hydrogen-bond donors (Lipinski definition) is 0. The lowest BCUT2D eigenvalue weighted by molar-refractivity contribution is 0.0679. The Morgan fingerprint density at radius 3 is 2.64 bits per heavy atom. The van der Waals surface area contributed by atoms with Crippen LogP contribution in [0.1, 0.15) is 36.2 Å². The third-order valence-corrected chi connectivity index (χ3v) is 5.23. The lowest BCUT2D eigenvalue weighted by Gasteiger charge is -2.35. The second-order valence-corrected chi connectivity index (χ2v) is 7.00. The molecule has 1 amide bonds. The number of aromatic nitrogens is 2. The number of carbonyl (C=O) groups is 1. The molecule has 0 aliphatic carbocycles. The van der Waals surface area contributed by atoms with E-state index in [4.69, 9.17) is 0 Å². The summed E-state index contributed by atoms with van der Waals surface area (Å²) in [5, 5.41) is 7.64. The van der Waals surface area contributed by atoms with Crippen LogP contribution in [0.4, 0.5) is 0 Å². The molecular weight excluding hydrogens is 312 g/mol. The van der Waals surface area contributed by atoms with Crippen molar-refractivity contribution >= 4 is 5.91 Å². The highest BCUT2D eigenvalue weighted by atomic mass is 16.2. The minimum absolute atomic E-state index is 0.0514. The van der Waals surface area contributed by atoms with Gasteiger partial charge in [-0.25, -0.2) is 0 Å².